The van der Waals surface area contributed by atoms with E-state index in [1.54, 1.807) is 47.0 Å². The Bertz CT molecular complexity index is 1230. The number of anilines is 1. The number of nitriles is 1. The number of carboxylic acid groups (broad SMARTS) is 1. The first-order valence-electron chi connectivity index (χ1n) is 9.44. The Hall–Kier alpha value is -4.31. The van der Waals surface area contributed by atoms with Crippen LogP contribution < -0.4 is 10.1 Å². The zero-order valence-electron chi connectivity index (χ0n) is 17.3. The molecule has 3 rings (SSSR count). The first-order chi connectivity index (χ1) is 14.8. The van der Waals surface area contributed by atoms with E-state index in [2.05, 4.69) is 5.32 Å². The SMILES string of the molecule is COc1cccc(NC(=O)/C(C#N)=C\c2cc(C)n(-c3ccccc3C(=O)O)c2C)c1. The third-order valence-corrected chi connectivity index (χ3v) is 4.84. The highest BCUT2D eigenvalue weighted by Gasteiger charge is 2.17. The molecule has 0 fully saturated rings. The molecule has 31 heavy (non-hydrogen) atoms. The predicted octanol–water partition coefficient (Wildman–Crippen LogP) is 4.35. The van der Waals surface area contributed by atoms with Gasteiger partial charge in [-0.3, -0.25) is 4.79 Å². The second kappa shape index (κ2) is 9.01. The quantitative estimate of drug-likeness (QED) is 0.460. The third-order valence-electron chi connectivity index (χ3n) is 4.84. The van der Waals surface area contributed by atoms with E-state index in [9.17, 15) is 20.0 Å². The Balaban J connectivity index is 1.97. The fourth-order valence-corrected chi connectivity index (χ4v) is 3.36. The molecule has 1 amide bonds. The van der Waals surface area contributed by atoms with Crippen molar-refractivity contribution in [2.75, 3.05) is 12.4 Å². The number of benzene rings is 2. The van der Waals surface area contributed by atoms with Crippen molar-refractivity contribution < 1.29 is 19.4 Å². The molecule has 3 aromatic rings. The van der Waals surface area contributed by atoms with Gasteiger partial charge in [-0.1, -0.05) is 18.2 Å². The number of aromatic carboxylic acids is 1. The number of nitrogens with zero attached hydrogens (tertiary/aromatic N) is 2. The van der Waals surface area contributed by atoms with E-state index in [0.717, 1.165) is 5.69 Å². The number of hydrogen-bond donors (Lipinski definition) is 2. The molecule has 0 radical (unpaired) electrons. The van der Waals surface area contributed by atoms with Crippen molar-refractivity contribution in [2.45, 2.75) is 13.8 Å². The zero-order valence-corrected chi connectivity index (χ0v) is 17.3. The van der Waals surface area contributed by atoms with Crippen LogP contribution in [0.4, 0.5) is 5.69 Å². The van der Waals surface area contributed by atoms with Gasteiger partial charge in [-0.2, -0.15) is 5.26 Å². The maximum absolute atomic E-state index is 12.6. The van der Waals surface area contributed by atoms with Gasteiger partial charge >= 0.3 is 5.97 Å². The summed E-state index contributed by atoms with van der Waals surface area (Å²) in [4.78, 5) is 24.3. The van der Waals surface area contributed by atoms with Gasteiger partial charge in [0, 0.05) is 23.1 Å². The van der Waals surface area contributed by atoms with Crippen molar-refractivity contribution in [1.82, 2.24) is 4.57 Å². The van der Waals surface area contributed by atoms with E-state index in [-0.39, 0.29) is 11.1 Å². The van der Waals surface area contributed by atoms with Gasteiger partial charge in [-0.05, 0) is 55.8 Å². The fraction of sp³-hybridized carbons (Fsp3) is 0.125. The number of carbonyl (C=O) groups excluding carboxylic acids is 1. The van der Waals surface area contributed by atoms with Gasteiger partial charge < -0.3 is 19.7 Å². The maximum atomic E-state index is 12.6. The topological polar surface area (TPSA) is 104 Å². The summed E-state index contributed by atoms with van der Waals surface area (Å²) in [5.41, 5.74) is 3.26. The number of hydrogen-bond acceptors (Lipinski definition) is 4. The monoisotopic (exact) mass is 415 g/mol. The van der Waals surface area contributed by atoms with Crippen LogP contribution in [0.3, 0.4) is 0 Å². The van der Waals surface area contributed by atoms with Crippen LogP contribution in [-0.4, -0.2) is 28.7 Å². The number of methoxy groups -OCH3 is 1. The lowest BCUT2D eigenvalue weighted by Gasteiger charge is -2.12. The summed E-state index contributed by atoms with van der Waals surface area (Å²) in [7, 11) is 1.53. The lowest BCUT2D eigenvalue weighted by Crippen LogP contribution is -2.13. The van der Waals surface area contributed by atoms with Crippen LogP contribution in [0.15, 0.2) is 60.2 Å². The van der Waals surface area contributed by atoms with Crippen LogP contribution in [0.1, 0.15) is 27.3 Å². The molecule has 1 heterocycles. The van der Waals surface area contributed by atoms with E-state index >= 15 is 0 Å². The number of nitrogens with one attached hydrogen (secondary N) is 1. The lowest BCUT2D eigenvalue weighted by atomic mass is 10.1. The number of carbonyl (C=O) groups is 2. The molecule has 0 atom stereocenters. The predicted molar refractivity (Wildman–Crippen MR) is 117 cm³/mol. The Morgan fingerprint density at radius 1 is 1.13 bits per heavy atom. The molecule has 7 heteroatoms. The minimum atomic E-state index is -1.03. The normalized spacial score (nSPS) is 11.0. The van der Waals surface area contributed by atoms with Crippen molar-refractivity contribution in [2.24, 2.45) is 0 Å². The minimum Gasteiger partial charge on any atom is -0.497 e. The summed E-state index contributed by atoms with van der Waals surface area (Å²) >= 11 is 0. The highest BCUT2D eigenvalue weighted by molar-refractivity contribution is 6.09. The molecule has 2 aromatic carbocycles. The number of para-hydroxylation sites is 1. The lowest BCUT2D eigenvalue weighted by molar-refractivity contribution is -0.112. The minimum absolute atomic E-state index is 0.0745. The number of rotatable bonds is 6. The molecule has 0 spiro atoms. The molecule has 0 bridgehead atoms. The Morgan fingerprint density at radius 3 is 2.55 bits per heavy atom. The summed E-state index contributed by atoms with van der Waals surface area (Å²) in [6, 6.07) is 17.3. The summed E-state index contributed by atoms with van der Waals surface area (Å²) in [6.45, 7) is 3.65. The highest BCUT2D eigenvalue weighted by Crippen LogP contribution is 2.25. The maximum Gasteiger partial charge on any atom is 0.337 e. The van der Waals surface area contributed by atoms with E-state index in [4.69, 9.17) is 4.74 Å². The number of aromatic nitrogens is 1. The molecule has 0 unspecified atom stereocenters. The number of amides is 1. The number of carboxylic acids is 1. The molecule has 2 N–H and O–H groups in total. The van der Waals surface area contributed by atoms with E-state index in [1.165, 1.54) is 19.3 Å². The molecular weight excluding hydrogens is 394 g/mol. The van der Waals surface area contributed by atoms with Crippen molar-refractivity contribution >= 4 is 23.6 Å². The number of ether oxygens (including phenoxy) is 1. The highest BCUT2D eigenvalue weighted by atomic mass is 16.5. The zero-order chi connectivity index (χ0) is 22.5. The molecular formula is C24H21N3O4. The molecule has 0 saturated carbocycles. The van der Waals surface area contributed by atoms with Gasteiger partial charge in [0.25, 0.3) is 5.91 Å². The van der Waals surface area contributed by atoms with Gasteiger partial charge in [0.05, 0.1) is 18.4 Å². The summed E-state index contributed by atoms with van der Waals surface area (Å²) in [5, 5.41) is 21.8. The van der Waals surface area contributed by atoms with Crippen molar-refractivity contribution in [1.29, 1.82) is 5.26 Å². The Kier molecular flexibility index (Phi) is 6.22. The standard InChI is InChI=1S/C24H21N3O4/c1-15-11-17(16(2)27(15)22-10-5-4-9-21(22)24(29)30)12-18(14-25)23(28)26-19-7-6-8-20(13-19)31-3/h4-13H,1-3H3,(H,26,28)(H,29,30)/b18-12-. The average molecular weight is 415 g/mol. The van der Waals surface area contributed by atoms with Crippen molar-refractivity contribution in [3.8, 4) is 17.5 Å². The summed E-state index contributed by atoms with van der Waals surface area (Å²) in [5.74, 6) is -0.997. The Morgan fingerprint density at radius 2 is 1.87 bits per heavy atom. The van der Waals surface area contributed by atoms with Gasteiger partial charge in [-0.25, -0.2) is 4.79 Å². The second-order valence-corrected chi connectivity index (χ2v) is 6.84. The smallest absolute Gasteiger partial charge is 0.337 e. The van der Waals surface area contributed by atoms with E-state index in [1.807, 2.05) is 26.0 Å². The second-order valence-electron chi connectivity index (χ2n) is 6.84. The van der Waals surface area contributed by atoms with Crippen molar-refractivity contribution in [3.05, 3.63) is 82.7 Å². The first kappa shape index (κ1) is 21.4. The van der Waals surface area contributed by atoms with Gasteiger partial charge in [0.1, 0.15) is 17.4 Å². The molecule has 0 aliphatic heterocycles. The molecule has 0 aliphatic carbocycles. The van der Waals surface area contributed by atoms with Gasteiger partial charge in [-0.15, -0.1) is 0 Å². The number of aryl methyl sites for hydroxylation is 1. The average Bonchev–Trinajstić information content (AvgIpc) is 3.04. The molecule has 0 saturated heterocycles. The van der Waals surface area contributed by atoms with E-state index < -0.39 is 11.9 Å². The fourth-order valence-electron chi connectivity index (χ4n) is 3.36. The first-order valence-corrected chi connectivity index (χ1v) is 9.44. The van der Waals surface area contributed by atoms with Crippen LogP contribution in [0.25, 0.3) is 11.8 Å². The molecule has 156 valence electrons. The molecule has 7 nitrogen and oxygen atoms in total. The molecule has 0 aliphatic rings. The third kappa shape index (κ3) is 4.49. The van der Waals surface area contributed by atoms with Crippen LogP contribution in [0.5, 0.6) is 5.75 Å². The summed E-state index contributed by atoms with van der Waals surface area (Å²) < 4.78 is 6.94. The van der Waals surface area contributed by atoms with E-state index in [0.29, 0.717) is 28.4 Å². The van der Waals surface area contributed by atoms with Crippen molar-refractivity contribution in [3.63, 3.8) is 0 Å². The van der Waals surface area contributed by atoms with Crippen LogP contribution in [-0.2, 0) is 4.79 Å². The molecule has 1 aromatic heterocycles. The Labute approximate surface area is 179 Å². The van der Waals surface area contributed by atoms with Crippen LogP contribution in [0, 0.1) is 25.2 Å². The van der Waals surface area contributed by atoms with Gasteiger partial charge in [0.15, 0.2) is 0 Å². The van der Waals surface area contributed by atoms with Crippen LogP contribution >= 0.6 is 0 Å². The summed E-state index contributed by atoms with van der Waals surface area (Å²) in [6.07, 6.45) is 1.50. The van der Waals surface area contributed by atoms with Crippen LogP contribution in [0.2, 0.25) is 0 Å². The largest absolute Gasteiger partial charge is 0.497 e. The van der Waals surface area contributed by atoms with Gasteiger partial charge in [0.2, 0.25) is 0 Å².